The van der Waals surface area contributed by atoms with E-state index in [1.54, 1.807) is 12.1 Å². The van der Waals surface area contributed by atoms with Crippen molar-refractivity contribution in [1.29, 1.82) is 0 Å². The Hall–Kier alpha value is -0.910. The van der Waals surface area contributed by atoms with Crippen molar-refractivity contribution in [3.63, 3.8) is 0 Å². The van der Waals surface area contributed by atoms with Gasteiger partial charge in [0, 0.05) is 12.6 Å². The van der Waals surface area contributed by atoms with Crippen LogP contribution in [-0.2, 0) is 16.6 Å². The Labute approximate surface area is 128 Å². The maximum Gasteiger partial charge on any atom is 0.241 e. The standard InChI is InChI=1S/C16H26N2O2S/c1-12-10-13(11-17)4-5-15(12)21(19,20)18-14-6-8-16(2,3)9-7-14/h4-5,10,14,18H,6-9,11,17H2,1-3H3. The first-order valence-electron chi connectivity index (χ1n) is 7.55. The number of nitrogens with one attached hydrogen (secondary N) is 1. The molecule has 3 N–H and O–H groups in total. The van der Waals surface area contributed by atoms with Crippen molar-refractivity contribution in [2.24, 2.45) is 11.1 Å². The summed E-state index contributed by atoms with van der Waals surface area (Å²) in [6.07, 6.45) is 3.94. The summed E-state index contributed by atoms with van der Waals surface area (Å²) in [5.74, 6) is 0. The first-order valence-corrected chi connectivity index (χ1v) is 9.04. The second-order valence-corrected chi connectivity index (χ2v) is 8.55. The number of nitrogens with two attached hydrogens (primary N) is 1. The lowest BCUT2D eigenvalue weighted by Crippen LogP contribution is -2.39. The average Bonchev–Trinajstić information content (AvgIpc) is 2.40. The highest BCUT2D eigenvalue weighted by Crippen LogP contribution is 2.35. The van der Waals surface area contributed by atoms with Gasteiger partial charge in [0.25, 0.3) is 0 Å². The molecule has 21 heavy (non-hydrogen) atoms. The number of benzene rings is 1. The molecule has 4 nitrogen and oxygen atoms in total. The highest BCUT2D eigenvalue weighted by molar-refractivity contribution is 7.89. The minimum atomic E-state index is -3.44. The third-order valence-corrected chi connectivity index (χ3v) is 6.11. The fraction of sp³-hybridized carbons (Fsp3) is 0.625. The van der Waals surface area contributed by atoms with Crippen molar-refractivity contribution >= 4 is 10.0 Å². The quantitative estimate of drug-likeness (QED) is 0.898. The highest BCUT2D eigenvalue weighted by atomic mass is 32.2. The van der Waals surface area contributed by atoms with Crippen molar-refractivity contribution in [2.45, 2.75) is 63.9 Å². The lowest BCUT2D eigenvalue weighted by atomic mass is 9.76. The highest BCUT2D eigenvalue weighted by Gasteiger charge is 2.30. The van der Waals surface area contributed by atoms with Crippen molar-refractivity contribution in [3.05, 3.63) is 29.3 Å². The molecule has 1 aliphatic rings. The first-order chi connectivity index (χ1) is 9.73. The third kappa shape index (κ3) is 4.05. The SMILES string of the molecule is Cc1cc(CN)ccc1S(=O)(=O)NC1CCC(C)(C)CC1. The molecule has 1 aliphatic carbocycles. The molecule has 5 heteroatoms. The van der Waals surface area contributed by atoms with Crippen LogP contribution in [0.2, 0.25) is 0 Å². The van der Waals surface area contributed by atoms with Gasteiger partial charge in [-0.25, -0.2) is 13.1 Å². The monoisotopic (exact) mass is 310 g/mol. The minimum absolute atomic E-state index is 0.0524. The van der Waals surface area contributed by atoms with Gasteiger partial charge >= 0.3 is 0 Å². The Morgan fingerprint density at radius 2 is 1.90 bits per heavy atom. The molecular formula is C16H26N2O2S. The normalized spacial score (nSPS) is 19.6. The predicted octanol–water partition coefficient (Wildman–Crippen LogP) is 2.70. The Morgan fingerprint density at radius 1 is 1.29 bits per heavy atom. The molecule has 0 aromatic heterocycles. The van der Waals surface area contributed by atoms with E-state index >= 15 is 0 Å². The van der Waals surface area contributed by atoms with Crippen molar-refractivity contribution in [1.82, 2.24) is 4.72 Å². The predicted molar refractivity (Wildman–Crippen MR) is 85.4 cm³/mol. The van der Waals surface area contributed by atoms with Crippen molar-refractivity contribution in [2.75, 3.05) is 0 Å². The third-order valence-electron chi connectivity index (χ3n) is 4.43. The van der Waals surface area contributed by atoms with E-state index in [1.165, 1.54) is 0 Å². The molecule has 0 saturated heterocycles. The topological polar surface area (TPSA) is 72.2 Å². The smallest absolute Gasteiger partial charge is 0.241 e. The van der Waals surface area contributed by atoms with E-state index in [1.807, 2.05) is 13.0 Å². The van der Waals surface area contributed by atoms with E-state index in [4.69, 9.17) is 5.73 Å². The van der Waals surface area contributed by atoms with Crippen molar-refractivity contribution in [3.8, 4) is 0 Å². The van der Waals surface area contributed by atoms with Crippen LogP contribution in [0.5, 0.6) is 0 Å². The molecule has 118 valence electrons. The molecular weight excluding hydrogens is 284 g/mol. The van der Waals surface area contributed by atoms with Gasteiger partial charge < -0.3 is 5.73 Å². The minimum Gasteiger partial charge on any atom is -0.326 e. The summed E-state index contributed by atoms with van der Waals surface area (Å²) in [4.78, 5) is 0.365. The van der Waals surface area contributed by atoms with Gasteiger partial charge in [0.15, 0.2) is 0 Å². The average molecular weight is 310 g/mol. The Kier molecular flexibility index (Phi) is 4.76. The van der Waals surface area contributed by atoms with Gasteiger partial charge in [-0.1, -0.05) is 26.0 Å². The molecule has 0 spiro atoms. The molecule has 1 aromatic carbocycles. The molecule has 1 aromatic rings. The number of sulfonamides is 1. The zero-order chi connectivity index (χ0) is 15.7. The fourth-order valence-electron chi connectivity index (χ4n) is 2.94. The van der Waals surface area contributed by atoms with Crippen LogP contribution >= 0.6 is 0 Å². The second-order valence-electron chi connectivity index (χ2n) is 6.86. The van der Waals surface area contributed by atoms with E-state index in [9.17, 15) is 8.42 Å². The van der Waals surface area contributed by atoms with Crippen LogP contribution in [0.3, 0.4) is 0 Å². The zero-order valence-corrected chi connectivity index (χ0v) is 14.0. The first kappa shape index (κ1) is 16.5. The summed E-state index contributed by atoms with van der Waals surface area (Å²) < 4.78 is 27.9. The van der Waals surface area contributed by atoms with Gasteiger partial charge in [0.2, 0.25) is 10.0 Å². The summed E-state index contributed by atoms with van der Waals surface area (Å²) in [7, 11) is -3.44. The number of aryl methyl sites for hydroxylation is 1. The summed E-state index contributed by atoms with van der Waals surface area (Å²) in [6, 6.07) is 5.34. The Bertz CT molecular complexity index is 599. The molecule has 1 saturated carbocycles. The second kappa shape index (κ2) is 6.07. The lowest BCUT2D eigenvalue weighted by Gasteiger charge is -2.34. The fourth-order valence-corrected chi connectivity index (χ4v) is 4.47. The largest absolute Gasteiger partial charge is 0.326 e. The van der Waals surface area contributed by atoms with E-state index < -0.39 is 10.0 Å². The Morgan fingerprint density at radius 3 is 2.43 bits per heavy atom. The van der Waals surface area contributed by atoms with Gasteiger partial charge in [0.1, 0.15) is 0 Å². The van der Waals surface area contributed by atoms with E-state index in [0.29, 0.717) is 16.9 Å². The van der Waals surface area contributed by atoms with Gasteiger partial charge in [-0.15, -0.1) is 0 Å². The molecule has 0 atom stereocenters. The summed E-state index contributed by atoms with van der Waals surface area (Å²) >= 11 is 0. The van der Waals surface area contributed by atoms with Gasteiger partial charge in [0.05, 0.1) is 4.90 Å². The summed E-state index contributed by atoms with van der Waals surface area (Å²) in [6.45, 7) is 6.73. The molecule has 0 bridgehead atoms. The molecule has 2 rings (SSSR count). The van der Waals surface area contributed by atoms with Crippen LogP contribution < -0.4 is 10.5 Å². The van der Waals surface area contributed by atoms with Crippen LogP contribution in [0.25, 0.3) is 0 Å². The van der Waals surface area contributed by atoms with Crippen LogP contribution in [-0.4, -0.2) is 14.5 Å². The molecule has 0 unspecified atom stereocenters. The zero-order valence-electron chi connectivity index (χ0n) is 13.1. The molecule has 0 amide bonds. The lowest BCUT2D eigenvalue weighted by molar-refractivity contribution is 0.218. The molecule has 0 heterocycles. The van der Waals surface area contributed by atoms with Crippen LogP contribution in [0.15, 0.2) is 23.1 Å². The Balaban J connectivity index is 2.12. The van der Waals surface area contributed by atoms with Crippen molar-refractivity contribution < 1.29 is 8.42 Å². The van der Waals surface area contributed by atoms with Crippen LogP contribution in [0.1, 0.15) is 50.7 Å². The number of hydrogen-bond donors (Lipinski definition) is 2. The number of hydrogen-bond acceptors (Lipinski definition) is 3. The van der Waals surface area contributed by atoms with Crippen LogP contribution in [0, 0.1) is 12.3 Å². The maximum absolute atomic E-state index is 12.5. The van der Waals surface area contributed by atoms with E-state index in [2.05, 4.69) is 18.6 Å². The van der Waals surface area contributed by atoms with Gasteiger partial charge in [-0.05, 0) is 55.2 Å². The summed E-state index contributed by atoms with van der Waals surface area (Å²) in [5.41, 5.74) is 7.62. The molecule has 0 aliphatic heterocycles. The maximum atomic E-state index is 12.5. The van der Waals surface area contributed by atoms with Crippen LogP contribution in [0.4, 0.5) is 0 Å². The van der Waals surface area contributed by atoms with Gasteiger partial charge in [-0.3, -0.25) is 0 Å². The van der Waals surface area contributed by atoms with E-state index in [-0.39, 0.29) is 6.04 Å². The van der Waals surface area contributed by atoms with Gasteiger partial charge in [-0.2, -0.15) is 0 Å². The summed E-state index contributed by atoms with van der Waals surface area (Å²) in [5, 5.41) is 0. The van der Waals surface area contributed by atoms with E-state index in [0.717, 1.165) is 36.8 Å². The number of rotatable bonds is 4. The molecule has 0 radical (unpaired) electrons. The molecule has 1 fully saturated rings.